The van der Waals surface area contributed by atoms with Gasteiger partial charge in [-0.25, -0.2) is 4.79 Å². The van der Waals surface area contributed by atoms with Crippen molar-refractivity contribution in [3.05, 3.63) is 89.6 Å². The fourth-order valence-electron chi connectivity index (χ4n) is 5.69. The maximum Gasteiger partial charge on any atom is 0.340 e. The molecule has 6 nitrogen and oxygen atoms in total. The Morgan fingerprint density at radius 1 is 0.895 bits per heavy atom. The predicted molar refractivity (Wildman–Crippen MR) is 151 cm³/mol. The summed E-state index contributed by atoms with van der Waals surface area (Å²) in [5, 5.41) is 2.77. The summed E-state index contributed by atoms with van der Waals surface area (Å²) in [7, 11) is 0. The van der Waals surface area contributed by atoms with Crippen LogP contribution in [0.2, 0.25) is 0 Å². The zero-order valence-corrected chi connectivity index (χ0v) is 22.0. The van der Waals surface area contributed by atoms with Crippen LogP contribution in [-0.4, -0.2) is 45.0 Å². The van der Waals surface area contributed by atoms with Crippen LogP contribution in [0.25, 0.3) is 32.7 Å². The van der Waals surface area contributed by atoms with Crippen molar-refractivity contribution in [2.75, 3.05) is 6.54 Å². The molecule has 1 unspecified atom stereocenters. The highest BCUT2D eigenvalue weighted by molar-refractivity contribution is 6.14. The number of para-hydroxylation sites is 3. The molecule has 6 rings (SSSR count). The molecule has 6 heteroatoms. The van der Waals surface area contributed by atoms with Gasteiger partial charge in [0.15, 0.2) is 6.10 Å². The van der Waals surface area contributed by atoms with Gasteiger partial charge < -0.3 is 4.74 Å². The molecule has 5 aromatic rings. The van der Waals surface area contributed by atoms with E-state index in [1.807, 2.05) is 79.7 Å². The second-order valence-electron chi connectivity index (χ2n) is 10.3. The molecule has 1 atom stereocenters. The van der Waals surface area contributed by atoms with E-state index >= 15 is 0 Å². The highest BCUT2D eigenvalue weighted by Crippen LogP contribution is 2.32. The lowest BCUT2D eigenvalue weighted by molar-refractivity contribution is 0.0244. The lowest BCUT2D eigenvalue weighted by Crippen LogP contribution is -2.38. The number of carbonyl (C=O) groups is 2. The third-order valence-electron chi connectivity index (χ3n) is 7.71. The Morgan fingerprint density at radius 2 is 1.50 bits per heavy atom. The molecule has 0 amide bonds. The van der Waals surface area contributed by atoms with Gasteiger partial charge in [0.2, 0.25) is 0 Å². The van der Waals surface area contributed by atoms with Gasteiger partial charge >= 0.3 is 5.97 Å². The largest absolute Gasteiger partial charge is 0.449 e. The maximum atomic E-state index is 14.0. The molecule has 0 spiro atoms. The number of rotatable bonds is 5. The lowest BCUT2D eigenvalue weighted by Gasteiger charge is -2.32. The molecule has 0 aliphatic carbocycles. The monoisotopic (exact) mass is 505 g/mol. The van der Waals surface area contributed by atoms with Gasteiger partial charge in [-0.3, -0.25) is 19.2 Å². The Kier molecular flexibility index (Phi) is 6.20. The number of carbonyl (C=O) groups excluding carboxylic acids is 2. The number of benzene rings is 3. The van der Waals surface area contributed by atoms with Gasteiger partial charge in [-0.2, -0.15) is 0 Å². The minimum Gasteiger partial charge on any atom is -0.449 e. The molecule has 0 saturated carbocycles. The Balaban J connectivity index is 1.42. The Morgan fingerprint density at radius 3 is 2.13 bits per heavy atom. The first-order chi connectivity index (χ1) is 18.5. The summed E-state index contributed by atoms with van der Waals surface area (Å²) in [4.78, 5) is 35.2. The van der Waals surface area contributed by atoms with Crippen molar-refractivity contribution in [3.63, 3.8) is 0 Å². The van der Waals surface area contributed by atoms with Crippen molar-refractivity contribution < 1.29 is 14.3 Å². The van der Waals surface area contributed by atoms with Crippen molar-refractivity contribution in [1.82, 2.24) is 14.5 Å². The number of aromatic nitrogens is 2. The minimum atomic E-state index is -0.922. The van der Waals surface area contributed by atoms with Crippen molar-refractivity contribution in [2.45, 2.75) is 52.3 Å². The SMILES string of the molecule is CCC(OC(=O)c1c2c(nc3ccccc13)CCN(C(C)C)C2)C(=O)n1c2ccccc2c2ccccc21. The number of nitrogens with zero attached hydrogens (tertiary/aromatic N) is 3. The number of hydrogen-bond donors (Lipinski definition) is 0. The van der Waals surface area contributed by atoms with Gasteiger partial charge in [0.25, 0.3) is 5.91 Å². The average Bonchev–Trinajstić information content (AvgIpc) is 3.28. The number of pyridine rings is 1. The van der Waals surface area contributed by atoms with E-state index in [0.717, 1.165) is 56.9 Å². The van der Waals surface area contributed by atoms with Gasteiger partial charge in [0.05, 0.1) is 22.1 Å². The molecule has 0 saturated heterocycles. The fourth-order valence-corrected chi connectivity index (χ4v) is 5.69. The summed E-state index contributed by atoms with van der Waals surface area (Å²) in [5.74, 6) is -0.708. The van der Waals surface area contributed by atoms with Crippen LogP contribution in [-0.2, 0) is 17.7 Å². The summed E-state index contributed by atoms with van der Waals surface area (Å²) in [6, 6.07) is 23.7. The van der Waals surface area contributed by atoms with Crippen molar-refractivity contribution in [3.8, 4) is 0 Å². The standard InChI is InChI=1S/C32H31N3O3/c1-4-29(31(36)35-27-15-9-6-11-21(27)22-12-7-10-16-28(22)35)38-32(37)30-23-13-5-8-14-25(23)33-26-17-18-34(20(2)3)19-24(26)30/h5-16,20,29H,4,17-19H2,1-3H3. The molecule has 38 heavy (non-hydrogen) atoms. The summed E-state index contributed by atoms with van der Waals surface area (Å²) < 4.78 is 7.78. The fraction of sp³-hybridized carbons (Fsp3) is 0.281. The van der Waals surface area contributed by atoms with E-state index in [-0.39, 0.29) is 5.91 Å². The third-order valence-corrected chi connectivity index (χ3v) is 7.71. The second kappa shape index (κ2) is 9.69. The van der Waals surface area contributed by atoms with Crippen molar-refractivity contribution in [1.29, 1.82) is 0 Å². The van der Waals surface area contributed by atoms with Crippen LogP contribution < -0.4 is 0 Å². The molecule has 1 aliphatic rings. The van der Waals surface area contributed by atoms with Crippen LogP contribution in [0.1, 0.15) is 53.6 Å². The first-order valence-corrected chi connectivity index (χ1v) is 13.4. The molecule has 3 aromatic carbocycles. The molecule has 0 fully saturated rings. The topological polar surface area (TPSA) is 64.4 Å². The zero-order valence-electron chi connectivity index (χ0n) is 22.0. The summed E-state index contributed by atoms with van der Waals surface area (Å²) in [5.41, 5.74) is 4.78. The highest BCUT2D eigenvalue weighted by Gasteiger charge is 2.31. The molecule has 192 valence electrons. The van der Waals surface area contributed by atoms with Crippen molar-refractivity contribution in [2.24, 2.45) is 0 Å². The molecule has 0 bridgehead atoms. The van der Waals surface area contributed by atoms with Crippen molar-refractivity contribution >= 4 is 44.6 Å². The molecular formula is C32H31N3O3. The quantitative estimate of drug-likeness (QED) is 0.259. The average molecular weight is 506 g/mol. The molecule has 3 heterocycles. The van der Waals surface area contributed by atoms with Gasteiger partial charge in [-0.15, -0.1) is 0 Å². The second-order valence-corrected chi connectivity index (χ2v) is 10.3. The summed E-state index contributed by atoms with van der Waals surface area (Å²) in [6.07, 6.45) is 0.222. The molecular weight excluding hydrogens is 474 g/mol. The molecule has 1 aliphatic heterocycles. The Bertz CT molecular complexity index is 1650. The van der Waals surface area contributed by atoms with E-state index in [1.54, 1.807) is 4.57 Å². The van der Waals surface area contributed by atoms with Gasteiger partial charge in [0, 0.05) is 53.0 Å². The van der Waals surface area contributed by atoms with E-state index < -0.39 is 12.1 Å². The van der Waals surface area contributed by atoms with Crippen LogP contribution in [0.4, 0.5) is 0 Å². The van der Waals surface area contributed by atoms with Gasteiger partial charge in [0.1, 0.15) is 0 Å². The Hall–Kier alpha value is -4.03. The first kappa shape index (κ1) is 24.3. The smallest absolute Gasteiger partial charge is 0.340 e. The number of esters is 1. The number of ether oxygens (including phenoxy) is 1. The van der Waals surface area contributed by atoms with E-state index in [4.69, 9.17) is 9.72 Å². The van der Waals surface area contributed by atoms with Crippen LogP contribution in [0.15, 0.2) is 72.8 Å². The molecule has 0 radical (unpaired) electrons. The van der Waals surface area contributed by atoms with Crippen LogP contribution in [0, 0.1) is 0 Å². The normalized spacial score (nSPS) is 14.7. The third kappa shape index (κ3) is 3.96. The molecule has 2 aromatic heterocycles. The summed E-state index contributed by atoms with van der Waals surface area (Å²) >= 11 is 0. The lowest BCUT2D eigenvalue weighted by atomic mass is 9.95. The zero-order chi connectivity index (χ0) is 26.4. The van der Waals surface area contributed by atoms with Crippen LogP contribution in [0.3, 0.4) is 0 Å². The first-order valence-electron chi connectivity index (χ1n) is 13.4. The number of hydrogen-bond acceptors (Lipinski definition) is 5. The van der Waals surface area contributed by atoms with Crippen LogP contribution in [0.5, 0.6) is 0 Å². The Labute approximate surface area is 221 Å². The van der Waals surface area contributed by atoms with Gasteiger partial charge in [-0.1, -0.05) is 61.5 Å². The minimum absolute atomic E-state index is 0.241. The maximum absolute atomic E-state index is 14.0. The van der Waals surface area contributed by atoms with E-state index in [9.17, 15) is 9.59 Å². The van der Waals surface area contributed by atoms with E-state index in [1.165, 1.54) is 0 Å². The summed E-state index contributed by atoms with van der Waals surface area (Å²) in [6.45, 7) is 7.73. The van der Waals surface area contributed by atoms with E-state index in [0.29, 0.717) is 24.6 Å². The predicted octanol–water partition coefficient (Wildman–Crippen LogP) is 6.39. The van der Waals surface area contributed by atoms with Gasteiger partial charge in [-0.05, 0) is 38.5 Å². The van der Waals surface area contributed by atoms with Crippen LogP contribution >= 0.6 is 0 Å². The number of fused-ring (bicyclic) bond motifs is 5. The van der Waals surface area contributed by atoms with E-state index in [2.05, 4.69) is 18.7 Å². The highest BCUT2D eigenvalue weighted by atomic mass is 16.5. The molecule has 0 N–H and O–H groups in total.